The number of hydrogen-bond donors (Lipinski definition) is 0. The summed E-state index contributed by atoms with van der Waals surface area (Å²) in [4.78, 5) is 2.58. The molecule has 0 amide bonds. The van der Waals surface area contributed by atoms with E-state index in [0.717, 1.165) is 19.4 Å². The highest BCUT2D eigenvalue weighted by Gasteiger charge is 2.30. The quantitative estimate of drug-likeness (QED) is 0.162. The molecule has 0 fully saturated rings. The largest absolute Gasteiger partial charge is 0.341 e. The van der Waals surface area contributed by atoms with Gasteiger partial charge in [0.1, 0.15) is 0 Å². The normalized spacial score (nSPS) is 15.0. The topological polar surface area (TPSA) is 13.1 Å². The minimum atomic E-state index is 0.531. The number of benzene rings is 4. The molecule has 0 saturated heterocycles. The summed E-state index contributed by atoms with van der Waals surface area (Å²) < 4.78 is 4.88. The summed E-state index contributed by atoms with van der Waals surface area (Å²) in [6.45, 7) is 15.0. The van der Waals surface area contributed by atoms with Gasteiger partial charge in [0.05, 0.1) is 11.0 Å². The highest BCUT2D eigenvalue weighted by Crippen LogP contribution is 2.44. The summed E-state index contributed by atoms with van der Waals surface area (Å²) in [5.74, 6) is 2.37. The third kappa shape index (κ3) is 5.58. The minimum absolute atomic E-state index is 0.531. The first kappa shape index (κ1) is 29.5. The van der Waals surface area contributed by atoms with Gasteiger partial charge < -0.3 is 14.0 Å². The Morgan fingerprint density at radius 1 is 0.578 bits per heavy atom. The van der Waals surface area contributed by atoms with Crippen LogP contribution in [0.2, 0.25) is 0 Å². The maximum Gasteiger partial charge on any atom is 0.0531 e. The van der Waals surface area contributed by atoms with Crippen molar-refractivity contribution in [3.8, 4) is 11.4 Å². The van der Waals surface area contributed by atoms with Gasteiger partial charge in [0.25, 0.3) is 0 Å². The number of aromatic nitrogens is 2. The van der Waals surface area contributed by atoms with E-state index in [1.807, 2.05) is 0 Å². The van der Waals surface area contributed by atoms with Gasteiger partial charge in [-0.3, -0.25) is 0 Å². The Morgan fingerprint density at radius 2 is 1.07 bits per heavy atom. The first-order chi connectivity index (χ1) is 21.8. The molecule has 1 unspecified atom stereocenters. The highest BCUT2D eigenvalue weighted by molar-refractivity contribution is 5.88. The van der Waals surface area contributed by atoms with Crippen molar-refractivity contribution in [3.05, 3.63) is 120 Å². The van der Waals surface area contributed by atoms with Gasteiger partial charge in [0.15, 0.2) is 0 Å². The van der Waals surface area contributed by atoms with E-state index in [1.54, 1.807) is 0 Å². The second kappa shape index (κ2) is 11.9. The van der Waals surface area contributed by atoms with Gasteiger partial charge in [-0.05, 0) is 90.1 Å². The lowest BCUT2D eigenvalue weighted by molar-refractivity contribution is 0.517. The fourth-order valence-corrected chi connectivity index (χ4v) is 7.66. The Balaban J connectivity index is 1.45. The van der Waals surface area contributed by atoms with Crippen LogP contribution in [0.3, 0.4) is 0 Å². The molecule has 0 saturated carbocycles. The highest BCUT2D eigenvalue weighted by atomic mass is 15.2. The summed E-state index contributed by atoms with van der Waals surface area (Å²) in [5, 5.41) is 2.71. The van der Waals surface area contributed by atoms with Crippen LogP contribution in [0.4, 0.5) is 11.4 Å². The van der Waals surface area contributed by atoms with Gasteiger partial charge in [0.2, 0.25) is 0 Å². The Labute approximate surface area is 269 Å². The van der Waals surface area contributed by atoms with Gasteiger partial charge in [-0.1, -0.05) is 96.1 Å². The summed E-state index contributed by atoms with van der Waals surface area (Å²) in [6.07, 6.45) is 8.12. The molecule has 2 aromatic heterocycles. The van der Waals surface area contributed by atoms with E-state index < -0.39 is 0 Å². The molecular weight excluding hydrogens is 546 g/mol. The van der Waals surface area contributed by atoms with E-state index in [0.29, 0.717) is 23.7 Å². The predicted molar refractivity (Wildman–Crippen MR) is 193 cm³/mol. The Morgan fingerprint density at radius 3 is 1.60 bits per heavy atom. The van der Waals surface area contributed by atoms with Crippen molar-refractivity contribution in [2.75, 3.05) is 11.4 Å². The standard InChI is InChI=1S/C42H47N3/c1-28(2)19-31-25-43(40-16-10-7-13-37(31)40)34-22-35(44-26-32(20-29(3)4)38-14-8-11-17-41(38)44)24-36(23-34)45-27-33(21-30(5)6)39-15-9-12-18-42(39)45/h7-18,22-26,28-30,33H,19-21,27H2,1-6H3. The molecule has 45 heavy (non-hydrogen) atoms. The van der Waals surface area contributed by atoms with E-state index in [2.05, 4.69) is 159 Å². The van der Waals surface area contributed by atoms with Gasteiger partial charge in [-0.25, -0.2) is 0 Å². The molecule has 0 bridgehead atoms. The number of rotatable bonds is 9. The average molecular weight is 594 g/mol. The van der Waals surface area contributed by atoms with Gasteiger partial charge in [0, 0.05) is 58.4 Å². The second-order valence-electron chi connectivity index (χ2n) is 14.5. The number of hydrogen-bond acceptors (Lipinski definition) is 1. The van der Waals surface area contributed by atoms with Crippen LogP contribution in [-0.4, -0.2) is 15.7 Å². The first-order valence-corrected chi connectivity index (χ1v) is 17.0. The van der Waals surface area contributed by atoms with E-state index in [9.17, 15) is 0 Å². The van der Waals surface area contributed by atoms with E-state index in [-0.39, 0.29) is 0 Å². The molecule has 0 N–H and O–H groups in total. The second-order valence-corrected chi connectivity index (χ2v) is 14.5. The minimum Gasteiger partial charge on any atom is -0.341 e. The number of nitrogens with zero attached hydrogens (tertiary/aromatic N) is 3. The van der Waals surface area contributed by atoms with Crippen LogP contribution in [0.5, 0.6) is 0 Å². The van der Waals surface area contributed by atoms with Crippen LogP contribution in [0.1, 0.15) is 70.6 Å². The lowest BCUT2D eigenvalue weighted by Gasteiger charge is -2.23. The molecule has 7 rings (SSSR count). The fourth-order valence-electron chi connectivity index (χ4n) is 7.66. The SMILES string of the molecule is CC(C)Cc1cn(-c2cc(N3CC(CC(C)C)c4ccccc43)cc(-n3cc(CC(C)C)c4ccccc43)c2)c2ccccc12. The van der Waals surface area contributed by atoms with Crippen LogP contribution in [0.15, 0.2) is 103 Å². The van der Waals surface area contributed by atoms with Crippen molar-refractivity contribution in [3.63, 3.8) is 0 Å². The molecule has 0 spiro atoms. The summed E-state index contributed by atoms with van der Waals surface area (Å²) in [5.41, 5.74) is 11.9. The monoisotopic (exact) mass is 593 g/mol. The number of fused-ring (bicyclic) bond motifs is 3. The Hall–Kier alpha value is -4.24. The molecule has 1 atom stereocenters. The summed E-state index contributed by atoms with van der Waals surface area (Å²) >= 11 is 0. The average Bonchev–Trinajstić information content (AvgIpc) is 3.69. The predicted octanol–water partition coefficient (Wildman–Crippen LogP) is 11.3. The van der Waals surface area contributed by atoms with Crippen molar-refractivity contribution in [1.82, 2.24) is 9.13 Å². The molecule has 4 aromatic carbocycles. The number of anilines is 2. The maximum absolute atomic E-state index is 2.58. The smallest absolute Gasteiger partial charge is 0.0531 e. The first-order valence-electron chi connectivity index (χ1n) is 17.0. The molecule has 3 heterocycles. The zero-order chi connectivity index (χ0) is 31.2. The Kier molecular flexibility index (Phi) is 7.81. The molecule has 3 nitrogen and oxygen atoms in total. The molecule has 0 radical (unpaired) electrons. The van der Waals surface area contributed by atoms with Crippen molar-refractivity contribution >= 4 is 33.2 Å². The third-order valence-corrected chi connectivity index (χ3v) is 9.43. The van der Waals surface area contributed by atoms with E-state index in [4.69, 9.17) is 0 Å². The van der Waals surface area contributed by atoms with Gasteiger partial charge in [-0.2, -0.15) is 0 Å². The summed E-state index contributed by atoms with van der Waals surface area (Å²) in [7, 11) is 0. The van der Waals surface area contributed by atoms with Gasteiger partial charge in [-0.15, -0.1) is 0 Å². The lowest BCUT2D eigenvalue weighted by atomic mass is 9.92. The van der Waals surface area contributed by atoms with Crippen LogP contribution in [0.25, 0.3) is 33.2 Å². The zero-order valence-corrected chi connectivity index (χ0v) is 27.8. The van der Waals surface area contributed by atoms with E-state index in [1.165, 1.54) is 67.7 Å². The summed E-state index contributed by atoms with van der Waals surface area (Å²) in [6, 6.07) is 34.2. The van der Waals surface area contributed by atoms with E-state index >= 15 is 0 Å². The van der Waals surface area contributed by atoms with Crippen molar-refractivity contribution in [2.45, 2.75) is 66.7 Å². The number of para-hydroxylation sites is 3. The Bertz CT molecular complexity index is 1860. The third-order valence-electron chi connectivity index (χ3n) is 9.43. The van der Waals surface area contributed by atoms with Crippen LogP contribution in [-0.2, 0) is 12.8 Å². The maximum atomic E-state index is 2.58. The van der Waals surface area contributed by atoms with Crippen molar-refractivity contribution in [1.29, 1.82) is 0 Å². The molecule has 1 aliphatic rings. The van der Waals surface area contributed by atoms with Crippen molar-refractivity contribution < 1.29 is 0 Å². The molecule has 6 aromatic rings. The van der Waals surface area contributed by atoms with Crippen LogP contribution >= 0.6 is 0 Å². The molecule has 3 heteroatoms. The molecule has 1 aliphatic heterocycles. The van der Waals surface area contributed by atoms with Crippen LogP contribution < -0.4 is 4.90 Å². The molecular formula is C42H47N3. The molecule has 230 valence electrons. The fraction of sp³-hybridized carbons (Fsp3) is 0.333. The van der Waals surface area contributed by atoms with Crippen molar-refractivity contribution in [2.24, 2.45) is 17.8 Å². The molecule has 0 aliphatic carbocycles. The van der Waals surface area contributed by atoms with Crippen LogP contribution in [0, 0.1) is 17.8 Å². The zero-order valence-electron chi connectivity index (χ0n) is 27.8. The lowest BCUT2D eigenvalue weighted by Crippen LogP contribution is -2.17. The van der Waals surface area contributed by atoms with Gasteiger partial charge >= 0.3 is 0 Å².